The molecule has 0 fully saturated rings. The maximum Gasteiger partial charge on any atom is 0.255 e. The lowest BCUT2D eigenvalue weighted by Gasteiger charge is -2.27. The van der Waals surface area contributed by atoms with Crippen molar-refractivity contribution in [3.63, 3.8) is 0 Å². The molecule has 1 aromatic heterocycles. The lowest BCUT2D eigenvalue weighted by molar-refractivity contribution is -0.113. The molecule has 3 aromatic carbocycles. The molecule has 1 amide bonds. The Labute approximate surface area is 195 Å². The third-order valence-corrected chi connectivity index (χ3v) is 5.74. The zero-order chi connectivity index (χ0) is 23.7. The molecule has 0 spiro atoms. The molecule has 3 N–H and O–H groups in total. The number of amides is 1. The SMILES string of the molecule is COc1ccc(C2=NC(c3ccc(F)cc3)C(C(=O)Nc3ccc4cn[nH]c4c3)=C(C)N2)cc1. The molecule has 1 atom stereocenters. The number of halogens is 1. The molecule has 170 valence electrons. The molecule has 4 aromatic rings. The normalized spacial score (nSPS) is 15.6. The predicted molar refractivity (Wildman–Crippen MR) is 129 cm³/mol. The Kier molecular flexibility index (Phi) is 5.55. The standard InChI is InChI=1S/C26H22FN5O2/c1-15-23(26(33)30-20-10-5-18-14-28-32-22(18)13-20)24(16-3-8-19(27)9-4-16)31-25(29-15)17-6-11-21(34-2)12-7-17/h3-14,24H,1-2H3,(H,28,32)(H,29,31)(H,30,33). The average molecular weight is 455 g/mol. The molecular formula is C26H22FN5O2. The van der Waals surface area contributed by atoms with Crippen LogP contribution in [0, 0.1) is 5.82 Å². The second-order valence-electron chi connectivity index (χ2n) is 7.95. The minimum Gasteiger partial charge on any atom is -0.497 e. The monoisotopic (exact) mass is 455 g/mol. The number of aliphatic imine (C=N–C) groups is 1. The van der Waals surface area contributed by atoms with Crippen molar-refractivity contribution in [1.29, 1.82) is 0 Å². The van der Waals surface area contributed by atoms with Crippen LogP contribution in [-0.2, 0) is 4.79 Å². The molecule has 0 saturated carbocycles. The van der Waals surface area contributed by atoms with Crippen LogP contribution in [0.25, 0.3) is 10.9 Å². The summed E-state index contributed by atoms with van der Waals surface area (Å²) in [5.41, 5.74) is 4.12. The number of H-pyrrole nitrogens is 1. The number of benzene rings is 3. The number of fused-ring (bicyclic) bond motifs is 1. The van der Waals surface area contributed by atoms with Gasteiger partial charge in [-0.15, -0.1) is 0 Å². The smallest absolute Gasteiger partial charge is 0.255 e. The number of ether oxygens (including phenoxy) is 1. The average Bonchev–Trinajstić information content (AvgIpc) is 3.32. The lowest BCUT2D eigenvalue weighted by atomic mass is 9.94. The molecule has 0 aliphatic carbocycles. The topological polar surface area (TPSA) is 91.4 Å². The van der Waals surface area contributed by atoms with Crippen molar-refractivity contribution in [1.82, 2.24) is 15.5 Å². The van der Waals surface area contributed by atoms with E-state index in [0.29, 0.717) is 28.4 Å². The second kappa shape index (κ2) is 8.82. The van der Waals surface area contributed by atoms with Gasteiger partial charge in [0.2, 0.25) is 0 Å². The second-order valence-corrected chi connectivity index (χ2v) is 7.95. The fourth-order valence-corrected chi connectivity index (χ4v) is 3.97. The summed E-state index contributed by atoms with van der Waals surface area (Å²) in [4.78, 5) is 18.3. The van der Waals surface area contributed by atoms with Crippen LogP contribution in [0.2, 0.25) is 0 Å². The van der Waals surface area contributed by atoms with Gasteiger partial charge in [0.05, 0.1) is 24.4 Å². The van der Waals surface area contributed by atoms with Crippen LogP contribution in [-0.4, -0.2) is 29.0 Å². The third-order valence-electron chi connectivity index (χ3n) is 5.74. The van der Waals surface area contributed by atoms with Gasteiger partial charge in [0.25, 0.3) is 5.91 Å². The Morgan fingerprint density at radius 2 is 1.82 bits per heavy atom. The Balaban J connectivity index is 1.51. The summed E-state index contributed by atoms with van der Waals surface area (Å²) < 4.78 is 18.9. The zero-order valence-electron chi connectivity index (χ0n) is 18.6. The van der Waals surface area contributed by atoms with Gasteiger partial charge in [-0.3, -0.25) is 14.9 Å². The number of carbonyl (C=O) groups is 1. The van der Waals surface area contributed by atoms with E-state index in [1.807, 2.05) is 49.4 Å². The van der Waals surface area contributed by atoms with E-state index in [1.54, 1.807) is 25.4 Å². The van der Waals surface area contributed by atoms with E-state index in [4.69, 9.17) is 9.73 Å². The van der Waals surface area contributed by atoms with Gasteiger partial charge in [-0.25, -0.2) is 4.39 Å². The van der Waals surface area contributed by atoms with Crippen LogP contribution in [0.5, 0.6) is 5.75 Å². The fourth-order valence-electron chi connectivity index (χ4n) is 3.97. The van der Waals surface area contributed by atoms with Crippen molar-refractivity contribution < 1.29 is 13.9 Å². The number of nitrogens with zero attached hydrogens (tertiary/aromatic N) is 2. The predicted octanol–water partition coefficient (Wildman–Crippen LogP) is 4.71. The summed E-state index contributed by atoms with van der Waals surface area (Å²) in [5.74, 6) is 0.703. The Bertz CT molecular complexity index is 1420. The number of hydrogen-bond donors (Lipinski definition) is 3. The number of allylic oxidation sites excluding steroid dienone is 1. The minimum absolute atomic E-state index is 0.296. The number of nitrogens with one attached hydrogen (secondary N) is 3. The van der Waals surface area contributed by atoms with E-state index < -0.39 is 6.04 Å². The Morgan fingerprint density at radius 3 is 2.56 bits per heavy atom. The molecule has 0 saturated heterocycles. The van der Waals surface area contributed by atoms with E-state index in [9.17, 15) is 9.18 Å². The van der Waals surface area contributed by atoms with Crippen molar-refractivity contribution >= 4 is 28.3 Å². The molecule has 8 heteroatoms. The van der Waals surface area contributed by atoms with Crippen molar-refractivity contribution in [3.05, 3.63) is 101 Å². The van der Waals surface area contributed by atoms with Crippen LogP contribution >= 0.6 is 0 Å². The largest absolute Gasteiger partial charge is 0.497 e. The number of amidine groups is 1. The number of rotatable bonds is 5. The van der Waals surface area contributed by atoms with Crippen LogP contribution in [0.4, 0.5) is 10.1 Å². The summed E-state index contributed by atoms with van der Waals surface area (Å²) in [5, 5.41) is 14.1. The minimum atomic E-state index is -0.616. The molecule has 0 bridgehead atoms. The maximum absolute atomic E-state index is 13.6. The first-order valence-corrected chi connectivity index (χ1v) is 10.7. The molecule has 7 nitrogen and oxygen atoms in total. The summed E-state index contributed by atoms with van der Waals surface area (Å²) in [6.45, 7) is 1.84. The van der Waals surface area contributed by atoms with Gasteiger partial charge < -0.3 is 15.4 Å². The van der Waals surface area contributed by atoms with Crippen LogP contribution < -0.4 is 15.4 Å². The number of aromatic nitrogens is 2. The zero-order valence-corrected chi connectivity index (χ0v) is 18.6. The van der Waals surface area contributed by atoms with E-state index in [-0.39, 0.29) is 11.7 Å². The molecule has 1 aliphatic heterocycles. The van der Waals surface area contributed by atoms with Gasteiger partial charge in [-0.2, -0.15) is 5.10 Å². The number of anilines is 1. The highest BCUT2D eigenvalue weighted by Gasteiger charge is 2.30. The highest BCUT2D eigenvalue weighted by molar-refractivity contribution is 6.09. The van der Waals surface area contributed by atoms with Crippen LogP contribution in [0.1, 0.15) is 24.1 Å². The van der Waals surface area contributed by atoms with Gasteiger partial charge in [0, 0.05) is 22.3 Å². The van der Waals surface area contributed by atoms with Crippen molar-refractivity contribution in [2.45, 2.75) is 13.0 Å². The molecule has 5 rings (SSSR count). The van der Waals surface area contributed by atoms with E-state index in [1.165, 1.54) is 12.1 Å². The molecule has 0 radical (unpaired) electrons. The van der Waals surface area contributed by atoms with Gasteiger partial charge in [0.15, 0.2) is 0 Å². The number of hydrogen-bond acceptors (Lipinski definition) is 5. The molecule has 2 heterocycles. The first-order valence-electron chi connectivity index (χ1n) is 10.7. The quantitative estimate of drug-likeness (QED) is 0.406. The number of methoxy groups -OCH3 is 1. The van der Waals surface area contributed by atoms with Crippen molar-refractivity contribution in [2.24, 2.45) is 4.99 Å². The lowest BCUT2D eigenvalue weighted by Crippen LogP contribution is -2.34. The summed E-state index contributed by atoms with van der Waals surface area (Å²) >= 11 is 0. The summed E-state index contributed by atoms with van der Waals surface area (Å²) in [6.07, 6.45) is 1.72. The first-order chi connectivity index (χ1) is 16.5. The van der Waals surface area contributed by atoms with Gasteiger partial charge in [-0.05, 0) is 67.1 Å². The van der Waals surface area contributed by atoms with Gasteiger partial charge in [-0.1, -0.05) is 12.1 Å². The summed E-state index contributed by atoms with van der Waals surface area (Å²) in [7, 11) is 1.61. The molecule has 1 unspecified atom stereocenters. The van der Waals surface area contributed by atoms with Gasteiger partial charge >= 0.3 is 0 Å². The molecule has 34 heavy (non-hydrogen) atoms. The van der Waals surface area contributed by atoms with E-state index >= 15 is 0 Å². The molecule has 1 aliphatic rings. The van der Waals surface area contributed by atoms with Crippen molar-refractivity contribution in [2.75, 3.05) is 12.4 Å². The number of aromatic amines is 1. The summed E-state index contributed by atoms with van der Waals surface area (Å²) in [6, 6.07) is 18.4. The van der Waals surface area contributed by atoms with E-state index in [2.05, 4.69) is 20.8 Å². The van der Waals surface area contributed by atoms with E-state index in [0.717, 1.165) is 22.2 Å². The Hall–Kier alpha value is -4.46. The third kappa shape index (κ3) is 4.13. The molecular weight excluding hydrogens is 433 g/mol. The Morgan fingerprint density at radius 1 is 1.06 bits per heavy atom. The highest BCUT2D eigenvalue weighted by Crippen LogP contribution is 2.33. The van der Waals surface area contributed by atoms with Crippen LogP contribution in [0.15, 0.2) is 89.2 Å². The van der Waals surface area contributed by atoms with Crippen molar-refractivity contribution in [3.8, 4) is 5.75 Å². The maximum atomic E-state index is 13.6. The first kappa shape index (κ1) is 21.4. The van der Waals surface area contributed by atoms with Crippen LogP contribution in [0.3, 0.4) is 0 Å². The highest BCUT2D eigenvalue weighted by atomic mass is 19.1. The number of carbonyl (C=O) groups excluding carboxylic acids is 1. The fraction of sp³-hybridized carbons (Fsp3) is 0.115. The van der Waals surface area contributed by atoms with Gasteiger partial charge in [0.1, 0.15) is 23.4 Å².